The van der Waals surface area contributed by atoms with Crippen molar-refractivity contribution in [2.75, 3.05) is 17.2 Å². The average molecular weight is 373 g/mol. The van der Waals surface area contributed by atoms with Crippen LogP contribution in [0.1, 0.15) is 19.8 Å². The molecular weight excluding hydrogens is 348 g/mol. The van der Waals surface area contributed by atoms with Crippen LogP contribution >= 0.6 is 24.4 Å². The monoisotopic (exact) mass is 372 g/mol. The summed E-state index contributed by atoms with van der Waals surface area (Å²) in [5.74, 6) is 0. The molecule has 25 heavy (non-hydrogen) atoms. The minimum absolute atomic E-state index is 0.288. The van der Waals surface area contributed by atoms with Gasteiger partial charge >= 0.3 is 0 Å². The Morgan fingerprint density at radius 3 is 1.88 bits per heavy atom. The van der Waals surface area contributed by atoms with Crippen LogP contribution in [0.5, 0.6) is 0 Å². The topological polar surface area (TPSA) is 48.1 Å². The SMILES string of the molecule is CC[C@H](CCNC(=S)Nc1ccccc1)NC(=S)Nc1ccccc1. The number of thiocarbonyl (C=S) groups is 2. The highest BCUT2D eigenvalue weighted by Crippen LogP contribution is 2.06. The predicted octanol–water partition coefficient (Wildman–Crippen LogP) is 4.13. The van der Waals surface area contributed by atoms with Crippen molar-refractivity contribution >= 4 is 46.0 Å². The van der Waals surface area contributed by atoms with Gasteiger partial charge in [0.25, 0.3) is 0 Å². The lowest BCUT2D eigenvalue weighted by molar-refractivity contribution is 0.542. The molecule has 4 N–H and O–H groups in total. The first kappa shape index (κ1) is 19.1. The lowest BCUT2D eigenvalue weighted by Crippen LogP contribution is -2.40. The summed E-state index contributed by atoms with van der Waals surface area (Å²) < 4.78 is 0. The first-order chi connectivity index (χ1) is 12.2. The van der Waals surface area contributed by atoms with Gasteiger partial charge in [-0.05, 0) is 61.5 Å². The summed E-state index contributed by atoms with van der Waals surface area (Å²) in [6.45, 7) is 2.92. The number of rotatable bonds is 7. The van der Waals surface area contributed by atoms with Crippen molar-refractivity contribution in [1.82, 2.24) is 10.6 Å². The number of nitrogens with one attached hydrogen (secondary N) is 4. The van der Waals surface area contributed by atoms with E-state index < -0.39 is 0 Å². The van der Waals surface area contributed by atoms with E-state index >= 15 is 0 Å². The summed E-state index contributed by atoms with van der Waals surface area (Å²) in [5, 5.41) is 14.2. The fourth-order valence-corrected chi connectivity index (χ4v) is 2.81. The standard InChI is InChI=1S/C19H24N4S2/c1-2-15(21-19(25)23-17-11-7-4-8-12-17)13-14-20-18(24)22-16-9-5-3-6-10-16/h3-12,15H,2,13-14H2,1H3,(H2,20,22,24)(H2,21,23,25)/t15-/m1/s1. The van der Waals surface area contributed by atoms with Crippen LogP contribution in [0, 0.1) is 0 Å². The smallest absolute Gasteiger partial charge is 0.170 e. The van der Waals surface area contributed by atoms with Crippen LogP contribution in [0.15, 0.2) is 60.7 Å². The molecule has 0 amide bonds. The number of anilines is 2. The minimum atomic E-state index is 0.288. The van der Waals surface area contributed by atoms with Crippen LogP contribution in [0.2, 0.25) is 0 Å². The fraction of sp³-hybridized carbons (Fsp3) is 0.263. The molecule has 6 heteroatoms. The quantitative estimate of drug-likeness (QED) is 0.548. The maximum atomic E-state index is 5.39. The molecule has 0 fully saturated rings. The van der Waals surface area contributed by atoms with Gasteiger partial charge in [-0.15, -0.1) is 0 Å². The predicted molar refractivity (Wildman–Crippen MR) is 115 cm³/mol. The van der Waals surface area contributed by atoms with E-state index in [0.717, 1.165) is 30.8 Å². The van der Waals surface area contributed by atoms with Crippen molar-refractivity contribution in [1.29, 1.82) is 0 Å². The highest BCUT2D eigenvalue weighted by atomic mass is 32.1. The molecular formula is C19H24N4S2. The molecule has 0 aliphatic rings. The maximum Gasteiger partial charge on any atom is 0.170 e. The molecule has 4 nitrogen and oxygen atoms in total. The van der Waals surface area contributed by atoms with Crippen molar-refractivity contribution in [2.45, 2.75) is 25.8 Å². The van der Waals surface area contributed by atoms with Crippen molar-refractivity contribution in [3.63, 3.8) is 0 Å². The summed E-state index contributed by atoms with van der Waals surface area (Å²) >= 11 is 10.7. The van der Waals surface area contributed by atoms with E-state index in [9.17, 15) is 0 Å². The Balaban J connectivity index is 1.69. The van der Waals surface area contributed by atoms with Gasteiger partial charge in [0.2, 0.25) is 0 Å². The zero-order chi connectivity index (χ0) is 17.9. The second-order valence-electron chi connectivity index (χ2n) is 5.61. The Morgan fingerprint density at radius 1 is 0.840 bits per heavy atom. The van der Waals surface area contributed by atoms with E-state index in [2.05, 4.69) is 28.2 Å². The molecule has 0 saturated carbocycles. The van der Waals surface area contributed by atoms with Crippen LogP contribution in [0.4, 0.5) is 11.4 Å². The number of hydrogen-bond donors (Lipinski definition) is 4. The van der Waals surface area contributed by atoms with Crippen molar-refractivity contribution in [2.24, 2.45) is 0 Å². The third-order valence-corrected chi connectivity index (χ3v) is 4.14. The van der Waals surface area contributed by atoms with Crippen LogP contribution in [0.3, 0.4) is 0 Å². The molecule has 0 spiro atoms. The lowest BCUT2D eigenvalue weighted by Gasteiger charge is -2.20. The third-order valence-electron chi connectivity index (χ3n) is 3.67. The molecule has 0 bridgehead atoms. The molecule has 1 atom stereocenters. The molecule has 0 heterocycles. The molecule has 2 aromatic rings. The molecule has 0 aliphatic heterocycles. The lowest BCUT2D eigenvalue weighted by atomic mass is 10.1. The molecule has 0 saturated heterocycles. The Kier molecular flexibility index (Phi) is 8.15. The van der Waals surface area contributed by atoms with Gasteiger partial charge in [-0.3, -0.25) is 0 Å². The van der Waals surface area contributed by atoms with E-state index in [4.69, 9.17) is 24.4 Å². The van der Waals surface area contributed by atoms with Gasteiger partial charge in [-0.1, -0.05) is 43.3 Å². The summed E-state index contributed by atoms with van der Waals surface area (Å²) in [6.07, 6.45) is 1.90. The molecule has 2 rings (SSSR count). The molecule has 0 aromatic heterocycles. The molecule has 0 radical (unpaired) electrons. The van der Waals surface area contributed by atoms with Crippen LogP contribution < -0.4 is 21.3 Å². The molecule has 2 aromatic carbocycles. The first-order valence-corrected chi connectivity index (χ1v) is 9.21. The second kappa shape index (κ2) is 10.6. The summed E-state index contributed by atoms with van der Waals surface area (Å²) in [5.41, 5.74) is 1.97. The number of hydrogen-bond acceptors (Lipinski definition) is 2. The van der Waals surface area contributed by atoms with E-state index in [1.165, 1.54) is 0 Å². The zero-order valence-electron chi connectivity index (χ0n) is 14.3. The van der Waals surface area contributed by atoms with E-state index in [0.29, 0.717) is 10.2 Å². The van der Waals surface area contributed by atoms with Gasteiger partial charge in [0, 0.05) is 24.0 Å². The second-order valence-corrected chi connectivity index (χ2v) is 6.42. The maximum absolute atomic E-state index is 5.39. The highest BCUT2D eigenvalue weighted by Gasteiger charge is 2.08. The van der Waals surface area contributed by atoms with Gasteiger partial charge in [0.15, 0.2) is 10.2 Å². The summed E-state index contributed by atoms with van der Waals surface area (Å²) in [6, 6.07) is 20.1. The zero-order valence-corrected chi connectivity index (χ0v) is 15.9. The van der Waals surface area contributed by atoms with Gasteiger partial charge in [0.05, 0.1) is 0 Å². The van der Waals surface area contributed by atoms with Crippen molar-refractivity contribution < 1.29 is 0 Å². The average Bonchev–Trinajstić information content (AvgIpc) is 2.62. The summed E-state index contributed by atoms with van der Waals surface area (Å²) in [7, 11) is 0. The largest absolute Gasteiger partial charge is 0.362 e. The van der Waals surface area contributed by atoms with Crippen molar-refractivity contribution in [3.8, 4) is 0 Å². The van der Waals surface area contributed by atoms with Gasteiger partial charge in [-0.2, -0.15) is 0 Å². The first-order valence-electron chi connectivity index (χ1n) is 8.40. The van der Waals surface area contributed by atoms with Gasteiger partial charge in [-0.25, -0.2) is 0 Å². The van der Waals surface area contributed by atoms with E-state index in [1.807, 2.05) is 60.7 Å². The third kappa shape index (κ3) is 7.49. The molecule has 0 aliphatic carbocycles. The van der Waals surface area contributed by atoms with Gasteiger partial charge in [0.1, 0.15) is 0 Å². The van der Waals surface area contributed by atoms with Crippen molar-refractivity contribution in [3.05, 3.63) is 60.7 Å². The number of benzene rings is 2. The summed E-state index contributed by atoms with van der Waals surface area (Å²) in [4.78, 5) is 0. The fourth-order valence-electron chi connectivity index (χ4n) is 2.31. The van der Waals surface area contributed by atoms with Gasteiger partial charge < -0.3 is 21.3 Å². The van der Waals surface area contributed by atoms with Crippen LogP contribution in [-0.2, 0) is 0 Å². The Labute approximate surface area is 160 Å². The molecule has 132 valence electrons. The van der Waals surface area contributed by atoms with E-state index in [1.54, 1.807) is 0 Å². The van der Waals surface area contributed by atoms with E-state index in [-0.39, 0.29) is 6.04 Å². The highest BCUT2D eigenvalue weighted by molar-refractivity contribution is 7.80. The number of para-hydroxylation sites is 2. The molecule has 0 unspecified atom stereocenters. The van der Waals surface area contributed by atoms with Crippen LogP contribution in [-0.4, -0.2) is 22.8 Å². The van der Waals surface area contributed by atoms with Crippen LogP contribution in [0.25, 0.3) is 0 Å². The Morgan fingerprint density at radius 2 is 1.36 bits per heavy atom. The normalized spacial score (nSPS) is 11.2. The minimum Gasteiger partial charge on any atom is -0.362 e. The Hall–Kier alpha value is -2.18. The Bertz CT molecular complexity index is 662.